The highest BCUT2D eigenvalue weighted by Gasteiger charge is 2.31. The van der Waals surface area contributed by atoms with Crippen LogP contribution in [0.1, 0.15) is 12.0 Å². The minimum Gasteiger partial charge on any atom is -0.207 e. The van der Waals surface area contributed by atoms with E-state index in [2.05, 4.69) is 0 Å². The molecular formula is C18H21FN2O4S2. The summed E-state index contributed by atoms with van der Waals surface area (Å²) in [6.45, 7) is 2.44. The Morgan fingerprint density at radius 2 is 1.11 bits per heavy atom. The second-order valence-electron chi connectivity index (χ2n) is 6.43. The minimum absolute atomic E-state index is 0.00117. The molecule has 0 radical (unpaired) electrons. The van der Waals surface area contributed by atoms with Crippen LogP contribution in [-0.4, -0.2) is 51.6 Å². The Morgan fingerprint density at radius 1 is 0.704 bits per heavy atom. The molecule has 0 unspecified atom stereocenters. The molecule has 6 nitrogen and oxygen atoms in total. The van der Waals surface area contributed by atoms with Gasteiger partial charge < -0.3 is 0 Å². The van der Waals surface area contributed by atoms with Crippen LogP contribution >= 0.6 is 0 Å². The molecule has 3 rings (SSSR count). The lowest BCUT2D eigenvalue weighted by Gasteiger charge is -2.22. The van der Waals surface area contributed by atoms with E-state index in [9.17, 15) is 21.2 Å². The molecular weight excluding hydrogens is 391 g/mol. The Hall–Kier alpha value is -1.81. The molecule has 1 aliphatic rings. The fraction of sp³-hybridized carbons (Fsp3) is 0.333. The molecule has 0 N–H and O–H groups in total. The summed E-state index contributed by atoms with van der Waals surface area (Å²) in [5.74, 6) is -0.514. The molecule has 9 heteroatoms. The lowest BCUT2D eigenvalue weighted by molar-refractivity contribution is 0.404. The molecule has 0 aromatic heterocycles. The average Bonchev–Trinajstić information content (AvgIpc) is 2.90. The first-order valence-corrected chi connectivity index (χ1v) is 11.4. The number of nitrogens with zero attached hydrogens (tertiary/aromatic N) is 2. The second-order valence-corrected chi connectivity index (χ2v) is 10.3. The van der Waals surface area contributed by atoms with Gasteiger partial charge in [0.1, 0.15) is 5.82 Å². The van der Waals surface area contributed by atoms with E-state index in [1.54, 1.807) is 24.3 Å². The number of hydrogen-bond donors (Lipinski definition) is 0. The van der Waals surface area contributed by atoms with Gasteiger partial charge >= 0.3 is 0 Å². The van der Waals surface area contributed by atoms with E-state index in [0.29, 0.717) is 6.42 Å². The number of halogens is 1. The van der Waals surface area contributed by atoms with E-state index in [1.807, 2.05) is 6.92 Å². The molecule has 1 fully saturated rings. The van der Waals surface area contributed by atoms with Crippen LogP contribution in [0, 0.1) is 12.7 Å². The van der Waals surface area contributed by atoms with E-state index < -0.39 is 25.9 Å². The van der Waals surface area contributed by atoms with Crippen LogP contribution in [0.2, 0.25) is 0 Å². The van der Waals surface area contributed by atoms with Crippen LogP contribution in [0.4, 0.5) is 4.39 Å². The van der Waals surface area contributed by atoms with Crippen molar-refractivity contribution in [1.82, 2.24) is 8.61 Å². The summed E-state index contributed by atoms with van der Waals surface area (Å²) in [6, 6.07) is 11.2. The van der Waals surface area contributed by atoms with Crippen LogP contribution in [-0.2, 0) is 20.0 Å². The third-order valence-electron chi connectivity index (χ3n) is 4.52. The number of sulfonamides is 2. The van der Waals surface area contributed by atoms with Crippen LogP contribution in [0.15, 0.2) is 58.3 Å². The fourth-order valence-corrected chi connectivity index (χ4v) is 5.91. The van der Waals surface area contributed by atoms with Gasteiger partial charge in [-0.2, -0.15) is 8.61 Å². The lowest BCUT2D eigenvalue weighted by Crippen LogP contribution is -2.37. The zero-order valence-corrected chi connectivity index (χ0v) is 16.5. The van der Waals surface area contributed by atoms with E-state index >= 15 is 0 Å². The molecule has 0 amide bonds. The maximum atomic E-state index is 13.1. The Balaban J connectivity index is 1.79. The molecule has 0 bridgehead atoms. The van der Waals surface area contributed by atoms with Crippen molar-refractivity contribution in [2.45, 2.75) is 23.1 Å². The van der Waals surface area contributed by atoms with Crippen molar-refractivity contribution in [3.05, 3.63) is 59.9 Å². The highest BCUT2D eigenvalue weighted by atomic mass is 32.2. The van der Waals surface area contributed by atoms with Gasteiger partial charge in [-0.15, -0.1) is 0 Å². The Bertz CT molecular complexity index is 921. The maximum absolute atomic E-state index is 13.1. The molecule has 2 aromatic rings. The zero-order chi connectivity index (χ0) is 19.7. The minimum atomic E-state index is -3.80. The van der Waals surface area contributed by atoms with Gasteiger partial charge in [-0.05, 0) is 49.7 Å². The van der Waals surface area contributed by atoms with Gasteiger partial charge in [-0.25, -0.2) is 21.2 Å². The van der Waals surface area contributed by atoms with Crippen molar-refractivity contribution in [2.24, 2.45) is 0 Å². The maximum Gasteiger partial charge on any atom is 0.243 e. The van der Waals surface area contributed by atoms with Gasteiger partial charge in [0.05, 0.1) is 9.79 Å². The molecule has 2 aromatic carbocycles. The van der Waals surface area contributed by atoms with Gasteiger partial charge in [0.2, 0.25) is 20.0 Å². The predicted molar refractivity (Wildman–Crippen MR) is 99.7 cm³/mol. The fourth-order valence-electron chi connectivity index (χ4n) is 2.97. The first-order chi connectivity index (χ1) is 12.7. The summed E-state index contributed by atoms with van der Waals surface area (Å²) >= 11 is 0. The quantitative estimate of drug-likeness (QED) is 0.772. The monoisotopic (exact) mass is 412 g/mol. The van der Waals surface area contributed by atoms with Gasteiger partial charge in [0.15, 0.2) is 0 Å². The molecule has 1 aliphatic heterocycles. The topological polar surface area (TPSA) is 74.8 Å². The summed E-state index contributed by atoms with van der Waals surface area (Å²) in [7, 11) is -7.48. The van der Waals surface area contributed by atoms with Crippen molar-refractivity contribution < 1.29 is 21.2 Å². The third kappa shape index (κ3) is 4.21. The second kappa shape index (κ2) is 7.67. The third-order valence-corrected chi connectivity index (χ3v) is 8.35. The summed E-state index contributed by atoms with van der Waals surface area (Å²) in [5, 5.41) is 0. The van der Waals surface area contributed by atoms with Gasteiger partial charge in [0, 0.05) is 26.2 Å². The van der Waals surface area contributed by atoms with E-state index in [4.69, 9.17) is 0 Å². The van der Waals surface area contributed by atoms with Crippen molar-refractivity contribution in [3.63, 3.8) is 0 Å². The SMILES string of the molecule is Cc1ccc(S(=O)(=O)N2CCCN(S(=O)(=O)c3ccc(F)cc3)CC2)cc1. The number of hydrogen-bond acceptors (Lipinski definition) is 4. The Kier molecular flexibility index (Phi) is 5.66. The van der Waals surface area contributed by atoms with Gasteiger partial charge in [0.25, 0.3) is 0 Å². The molecule has 27 heavy (non-hydrogen) atoms. The average molecular weight is 413 g/mol. The van der Waals surface area contributed by atoms with Gasteiger partial charge in [-0.1, -0.05) is 17.7 Å². The van der Waals surface area contributed by atoms with Crippen molar-refractivity contribution >= 4 is 20.0 Å². The summed E-state index contributed by atoms with van der Waals surface area (Å²) < 4.78 is 66.8. The van der Waals surface area contributed by atoms with E-state index in [0.717, 1.165) is 17.7 Å². The highest BCUT2D eigenvalue weighted by Crippen LogP contribution is 2.22. The molecule has 146 valence electrons. The predicted octanol–water partition coefficient (Wildman–Crippen LogP) is 2.22. The Morgan fingerprint density at radius 3 is 1.56 bits per heavy atom. The molecule has 0 spiro atoms. The van der Waals surface area contributed by atoms with E-state index in [1.165, 1.54) is 20.7 Å². The van der Waals surface area contributed by atoms with E-state index in [-0.39, 0.29) is 36.0 Å². The molecule has 0 saturated carbocycles. The summed E-state index contributed by atoms with van der Waals surface area (Å²) in [6.07, 6.45) is 0.380. The summed E-state index contributed by atoms with van der Waals surface area (Å²) in [5.41, 5.74) is 0.960. The number of aryl methyl sites for hydroxylation is 1. The number of rotatable bonds is 4. The number of benzene rings is 2. The molecule has 1 saturated heterocycles. The largest absolute Gasteiger partial charge is 0.243 e. The zero-order valence-electron chi connectivity index (χ0n) is 14.9. The standard InChI is InChI=1S/C18H21FN2O4S2/c1-15-3-7-17(8-4-15)26(22,23)20-11-2-12-21(14-13-20)27(24,25)18-9-5-16(19)6-10-18/h3-10H,2,11-14H2,1H3. The lowest BCUT2D eigenvalue weighted by atomic mass is 10.2. The molecule has 0 atom stereocenters. The van der Waals surface area contributed by atoms with Crippen molar-refractivity contribution in [2.75, 3.05) is 26.2 Å². The summed E-state index contributed by atoms with van der Waals surface area (Å²) in [4.78, 5) is 0.196. The van der Waals surface area contributed by atoms with Crippen LogP contribution in [0.25, 0.3) is 0 Å². The molecule has 0 aliphatic carbocycles. The van der Waals surface area contributed by atoms with Crippen LogP contribution in [0.3, 0.4) is 0 Å². The molecule has 1 heterocycles. The highest BCUT2D eigenvalue weighted by molar-refractivity contribution is 7.89. The first-order valence-electron chi connectivity index (χ1n) is 8.54. The Labute approximate surface area is 159 Å². The first kappa shape index (κ1) is 19.9. The smallest absolute Gasteiger partial charge is 0.207 e. The van der Waals surface area contributed by atoms with Crippen molar-refractivity contribution in [3.8, 4) is 0 Å². The van der Waals surface area contributed by atoms with Gasteiger partial charge in [-0.3, -0.25) is 0 Å². The van der Waals surface area contributed by atoms with Crippen LogP contribution < -0.4 is 0 Å². The van der Waals surface area contributed by atoms with Crippen LogP contribution in [0.5, 0.6) is 0 Å². The van der Waals surface area contributed by atoms with Crippen molar-refractivity contribution in [1.29, 1.82) is 0 Å². The normalized spacial score (nSPS) is 17.6.